The van der Waals surface area contributed by atoms with Crippen LogP contribution in [0.5, 0.6) is 5.75 Å². The number of nitrogens with two attached hydrogens (primary N) is 1. The highest BCUT2D eigenvalue weighted by molar-refractivity contribution is 7.98. The fourth-order valence-corrected chi connectivity index (χ4v) is 3.89. The van der Waals surface area contributed by atoms with Gasteiger partial charge < -0.3 is 15.4 Å². The van der Waals surface area contributed by atoms with Crippen LogP contribution in [0.3, 0.4) is 0 Å². The first-order valence-corrected chi connectivity index (χ1v) is 11.2. The number of nitrogens with zero attached hydrogens (tertiary/aromatic N) is 7. The lowest BCUT2D eigenvalue weighted by atomic mass is 10.2. The van der Waals surface area contributed by atoms with E-state index in [2.05, 4.69) is 25.1 Å². The van der Waals surface area contributed by atoms with E-state index in [9.17, 15) is 4.39 Å². The van der Waals surface area contributed by atoms with Crippen molar-refractivity contribution in [2.45, 2.75) is 17.8 Å². The number of ether oxygens (including phenoxy) is 1. The van der Waals surface area contributed by atoms with Crippen molar-refractivity contribution in [2.24, 2.45) is 0 Å². The Kier molecular flexibility index (Phi) is 6.68. The van der Waals surface area contributed by atoms with Gasteiger partial charge in [-0.3, -0.25) is 4.57 Å². The van der Waals surface area contributed by atoms with Crippen LogP contribution < -0.4 is 15.4 Å². The maximum atomic E-state index is 14.8. The number of anilines is 2. The zero-order valence-corrected chi connectivity index (χ0v) is 19.3. The quantitative estimate of drug-likeness (QED) is 0.390. The molecule has 0 atom stereocenters. The number of benzene rings is 2. The molecule has 0 radical (unpaired) electrons. The molecule has 2 N–H and O–H groups in total. The van der Waals surface area contributed by atoms with Crippen LogP contribution in [0, 0.1) is 5.82 Å². The lowest BCUT2D eigenvalue weighted by molar-refractivity contribution is 0.340. The SMILES string of the molecule is CCOc1ccc(-c2nnc(SCc3nc(N)nc(N(C)C)n3)n2-c2ccccc2F)cc1. The van der Waals surface area contributed by atoms with Crippen LogP contribution in [0.25, 0.3) is 17.1 Å². The minimum absolute atomic E-state index is 0.134. The second-order valence-corrected chi connectivity index (χ2v) is 8.09. The molecule has 0 fully saturated rings. The smallest absolute Gasteiger partial charge is 0.229 e. The first-order chi connectivity index (χ1) is 16.0. The van der Waals surface area contributed by atoms with Crippen LogP contribution in [0.4, 0.5) is 16.3 Å². The summed E-state index contributed by atoms with van der Waals surface area (Å²) in [6.45, 7) is 2.50. The van der Waals surface area contributed by atoms with Gasteiger partial charge >= 0.3 is 0 Å². The average molecular weight is 467 g/mol. The predicted octanol–water partition coefficient (Wildman–Crippen LogP) is 3.60. The Hall–Kier alpha value is -3.73. The summed E-state index contributed by atoms with van der Waals surface area (Å²) < 4.78 is 22.0. The molecule has 0 unspecified atom stereocenters. The molecule has 2 heterocycles. The number of halogens is 1. The van der Waals surface area contributed by atoms with E-state index in [4.69, 9.17) is 10.5 Å². The summed E-state index contributed by atoms with van der Waals surface area (Å²) in [5, 5.41) is 9.18. The molecular formula is C22H23FN8OS. The molecule has 2 aromatic heterocycles. The summed E-state index contributed by atoms with van der Waals surface area (Å²) >= 11 is 1.33. The van der Waals surface area contributed by atoms with Gasteiger partial charge in [0.1, 0.15) is 17.4 Å². The van der Waals surface area contributed by atoms with Gasteiger partial charge in [-0.1, -0.05) is 23.9 Å². The second kappa shape index (κ2) is 9.82. The first kappa shape index (κ1) is 22.5. The second-order valence-electron chi connectivity index (χ2n) is 7.14. The van der Waals surface area contributed by atoms with Crippen molar-refractivity contribution in [3.63, 3.8) is 0 Å². The zero-order chi connectivity index (χ0) is 23.4. The van der Waals surface area contributed by atoms with Crippen molar-refractivity contribution in [3.05, 3.63) is 60.2 Å². The van der Waals surface area contributed by atoms with E-state index in [0.29, 0.717) is 40.8 Å². The molecule has 11 heteroatoms. The highest BCUT2D eigenvalue weighted by Gasteiger charge is 2.19. The molecular weight excluding hydrogens is 443 g/mol. The van der Waals surface area contributed by atoms with Crippen molar-refractivity contribution in [1.29, 1.82) is 0 Å². The lowest BCUT2D eigenvalue weighted by Crippen LogP contribution is -2.16. The predicted molar refractivity (Wildman–Crippen MR) is 126 cm³/mol. The molecule has 9 nitrogen and oxygen atoms in total. The third-order valence-electron chi connectivity index (χ3n) is 4.57. The van der Waals surface area contributed by atoms with Gasteiger partial charge in [0.05, 0.1) is 18.0 Å². The van der Waals surface area contributed by atoms with E-state index in [1.54, 1.807) is 27.7 Å². The van der Waals surface area contributed by atoms with E-state index in [1.165, 1.54) is 17.8 Å². The van der Waals surface area contributed by atoms with E-state index in [-0.39, 0.29) is 11.8 Å². The van der Waals surface area contributed by atoms with Crippen LogP contribution in [0.1, 0.15) is 12.7 Å². The largest absolute Gasteiger partial charge is 0.494 e. The van der Waals surface area contributed by atoms with Gasteiger partial charge in [0.15, 0.2) is 11.0 Å². The van der Waals surface area contributed by atoms with Crippen molar-refractivity contribution in [3.8, 4) is 22.8 Å². The topological polar surface area (TPSA) is 108 Å². The molecule has 0 aliphatic carbocycles. The normalized spacial score (nSPS) is 10.9. The van der Waals surface area contributed by atoms with Gasteiger partial charge in [0.2, 0.25) is 11.9 Å². The van der Waals surface area contributed by atoms with Crippen LogP contribution in [-0.2, 0) is 5.75 Å². The third kappa shape index (κ3) is 5.03. The minimum Gasteiger partial charge on any atom is -0.494 e. The van der Waals surface area contributed by atoms with Crippen LogP contribution in [0.15, 0.2) is 53.7 Å². The Morgan fingerprint density at radius 2 is 1.79 bits per heavy atom. The number of hydrogen-bond donors (Lipinski definition) is 1. The summed E-state index contributed by atoms with van der Waals surface area (Å²) in [7, 11) is 3.65. The molecule has 0 amide bonds. The van der Waals surface area contributed by atoms with E-state index in [1.807, 2.05) is 45.3 Å². The molecule has 4 rings (SSSR count). The molecule has 0 bridgehead atoms. The van der Waals surface area contributed by atoms with Crippen LogP contribution in [0.2, 0.25) is 0 Å². The molecule has 0 aliphatic heterocycles. The van der Waals surface area contributed by atoms with E-state index >= 15 is 0 Å². The summed E-state index contributed by atoms with van der Waals surface area (Å²) in [5.74, 6) is 2.31. The molecule has 0 saturated carbocycles. The minimum atomic E-state index is -0.384. The maximum Gasteiger partial charge on any atom is 0.229 e. The Labute approximate surface area is 194 Å². The van der Waals surface area contributed by atoms with Gasteiger partial charge in [-0.15, -0.1) is 10.2 Å². The monoisotopic (exact) mass is 466 g/mol. The Morgan fingerprint density at radius 3 is 2.48 bits per heavy atom. The Balaban J connectivity index is 1.71. The van der Waals surface area contributed by atoms with Crippen molar-refractivity contribution < 1.29 is 9.13 Å². The Morgan fingerprint density at radius 1 is 1.03 bits per heavy atom. The van der Waals surface area contributed by atoms with Gasteiger partial charge in [-0.05, 0) is 43.3 Å². The van der Waals surface area contributed by atoms with Gasteiger partial charge in [-0.25, -0.2) is 4.39 Å². The van der Waals surface area contributed by atoms with Crippen LogP contribution >= 0.6 is 11.8 Å². The number of hydrogen-bond acceptors (Lipinski definition) is 9. The van der Waals surface area contributed by atoms with Gasteiger partial charge in [0.25, 0.3) is 0 Å². The molecule has 2 aromatic carbocycles. The zero-order valence-electron chi connectivity index (χ0n) is 18.4. The van der Waals surface area contributed by atoms with Gasteiger partial charge in [-0.2, -0.15) is 15.0 Å². The molecule has 0 spiro atoms. The van der Waals surface area contributed by atoms with Crippen molar-refractivity contribution >= 4 is 23.7 Å². The number of thioether (sulfide) groups is 1. The molecule has 4 aromatic rings. The summed E-state index contributed by atoms with van der Waals surface area (Å²) in [6.07, 6.45) is 0. The first-order valence-electron chi connectivity index (χ1n) is 10.2. The fraction of sp³-hybridized carbons (Fsp3) is 0.227. The molecule has 0 aliphatic rings. The number of rotatable bonds is 8. The number of para-hydroxylation sites is 1. The van der Waals surface area contributed by atoms with Crippen molar-refractivity contribution in [1.82, 2.24) is 29.7 Å². The van der Waals surface area contributed by atoms with Crippen LogP contribution in [-0.4, -0.2) is 50.4 Å². The summed E-state index contributed by atoms with van der Waals surface area (Å²) in [5.41, 5.74) is 6.95. The standard InChI is InChI=1S/C22H23FN8OS/c1-4-32-15-11-9-14(10-12-15)19-28-29-22(31(19)17-8-6-5-7-16(17)23)33-13-18-25-20(24)27-21(26-18)30(2)3/h5-12H,4,13H2,1-3H3,(H2,24,25,26,27). The molecule has 170 valence electrons. The Bertz CT molecular complexity index is 1250. The number of aromatic nitrogens is 6. The van der Waals surface area contributed by atoms with E-state index < -0.39 is 0 Å². The van der Waals surface area contributed by atoms with Crippen molar-refractivity contribution in [2.75, 3.05) is 31.3 Å². The number of nitrogen functional groups attached to an aromatic ring is 1. The maximum absolute atomic E-state index is 14.8. The average Bonchev–Trinajstić information content (AvgIpc) is 3.22. The van der Waals surface area contributed by atoms with Gasteiger partial charge in [0, 0.05) is 19.7 Å². The highest BCUT2D eigenvalue weighted by atomic mass is 32.2. The summed E-state index contributed by atoms with van der Waals surface area (Å²) in [4.78, 5) is 14.5. The lowest BCUT2D eigenvalue weighted by Gasteiger charge is -2.13. The fourth-order valence-electron chi connectivity index (χ4n) is 3.09. The third-order valence-corrected chi connectivity index (χ3v) is 5.49. The summed E-state index contributed by atoms with van der Waals surface area (Å²) in [6, 6.07) is 13.9. The van der Waals surface area contributed by atoms with E-state index in [0.717, 1.165) is 11.3 Å². The molecule has 33 heavy (non-hydrogen) atoms. The highest BCUT2D eigenvalue weighted by Crippen LogP contribution is 2.31. The molecule has 0 saturated heterocycles.